The summed E-state index contributed by atoms with van der Waals surface area (Å²) < 4.78 is 2.24. The Morgan fingerprint density at radius 1 is 0.778 bits per heavy atom. The van der Waals surface area contributed by atoms with Crippen LogP contribution in [0.2, 0.25) is 0 Å². The zero-order valence-corrected chi connectivity index (χ0v) is 16.2. The zero-order chi connectivity index (χ0) is 19.4. The van der Waals surface area contributed by atoms with Crippen molar-refractivity contribution in [2.45, 2.75) is 32.0 Å². The van der Waals surface area contributed by atoms with Gasteiger partial charge in [0.2, 0.25) is 0 Å². The Labute approximate surface area is 160 Å². The van der Waals surface area contributed by atoms with Gasteiger partial charge in [0.1, 0.15) is 13.4 Å². The van der Waals surface area contributed by atoms with E-state index in [9.17, 15) is 10.2 Å². The van der Waals surface area contributed by atoms with E-state index >= 15 is 0 Å². The lowest BCUT2D eigenvalue weighted by atomic mass is 9.81. The van der Waals surface area contributed by atoms with Crippen molar-refractivity contribution >= 4 is 35.1 Å². The molecule has 136 valence electrons. The molecule has 1 aromatic heterocycles. The molecule has 0 radical (unpaired) electrons. The van der Waals surface area contributed by atoms with Crippen LogP contribution in [0.1, 0.15) is 26.3 Å². The van der Waals surface area contributed by atoms with Crippen molar-refractivity contribution in [2.75, 3.05) is 0 Å². The molecule has 0 saturated heterocycles. The highest BCUT2D eigenvalue weighted by Crippen LogP contribution is 2.37. The summed E-state index contributed by atoms with van der Waals surface area (Å²) in [6.07, 6.45) is 0. The molecule has 3 nitrogen and oxygen atoms in total. The quantitative estimate of drug-likeness (QED) is 0.554. The van der Waals surface area contributed by atoms with Crippen molar-refractivity contribution in [3.05, 3.63) is 72.3 Å². The molecule has 0 spiro atoms. The average Bonchev–Trinajstić information content (AvgIpc) is 2.95. The van der Waals surface area contributed by atoms with E-state index in [4.69, 9.17) is 0 Å². The van der Waals surface area contributed by atoms with Crippen LogP contribution in [-0.4, -0.2) is 28.2 Å². The molecule has 0 fully saturated rings. The lowest BCUT2D eigenvalue weighted by Gasteiger charge is -2.36. The maximum absolute atomic E-state index is 11.0. The number of para-hydroxylation sites is 2. The maximum atomic E-state index is 11.0. The number of aliphatic hydroxyl groups is 2. The van der Waals surface area contributed by atoms with Crippen LogP contribution < -0.4 is 5.46 Å². The van der Waals surface area contributed by atoms with Gasteiger partial charge in [-0.1, -0.05) is 54.0 Å². The molecule has 0 aliphatic carbocycles. The topological polar surface area (TPSA) is 45.4 Å². The van der Waals surface area contributed by atoms with E-state index in [1.54, 1.807) is 20.8 Å². The summed E-state index contributed by atoms with van der Waals surface area (Å²) >= 11 is 0. The molecule has 1 atom stereocenters. The number of rotatable bonds is 3. The number of aromatic nitrogens is 1. The standard InChI is InChI=1S/C23H24BNO2/c1-22(2,26)23(3,27)15-12-13-17-16-8-4-6-10-19(16)25(21(17)14-15)20-11-7-5-9-18(20)24/h4-14,26-27H,24H2,1-3H3. The normalized spacial score (nSPS) is 14.6. The van der Waals surface area contributed by atoms with Gasteiger partial charge in [0, 0.05) is 16.5 Å². The van der Waals surface area contributed by atoms with Gasteiger partial charge in [-0.3, -0.25) is 0 Å². The Hall–Kier alpha value is -2.56. The second kappa shape index (κ2) is 5.98. The Morgan fingerprint density at radius 2 is 1.41 bits per heavy atom. The highest BCUT2D eigenvalue weighted by Gasteiger charge is 2.39. The first-order valence-electron chi connectivity index (χ1n) is 9.26. The smallest absolute Gasteiger partial charge is 0.142 e. The van der Waals surface area contributed by atoms with Gasteiger partial charge >= 0.3 is 0 Å². The summed E-state index contributed by atoms with van der Waals surface area (Å²) in [6.45, 7) is 4.93. The van der Waals surface area contributed by atoms with E-state index in [0.717, 1.165) is 22.1 Å². The fourth-order valence-electron chi connectivity index (χ4n) is 3.70. The van der Waals surface area contributed by atoms with Crippen LogP contribution in [0.5, 0.6) is 0 Å². The lowest BCUT2D eigenvalue weighted by molar-refractivity contribution is -0.125. The average molecular weight is 357 g/mol. The second-order valence-electron chi connectivity index (χ2n) is 8.00. The second-order valence-corrected chi connectivity index (χ2v) is 8.00. The highest BCUT2D eigenvalue weighted by molar-refractivity contribution is 6.35. The molecular formula is C23H24BNO2. The van der Waals surface area contributed by atoms with Gasteiger partial charge in [0.15, 0.2) is 0 Å². The van der Waals surface area contributed by atoms with Gasteiger partial charge in [0.25, 0.3) is 0 Å². The Bertz CT molecular complexity index is 1150. The van der Waals surface area contributed by atoms with Crippen molar-refractivity contribution in [1.29, 1.82) is 0 Å². The summed E-state index contributed by atoms with van der Waals surface area (Å²) in [4.78, 5) is 0. The Morgan fingerprint density at radius 3 is 2.11 bits per heavy atom. The first-order valence-corrected chi connectivity index (χ1v) is 9.26. The van der Waals surface area contributed by atoms with E-state index in [2.05, 4.69) is 36.7 Å². The third-order valence-electron chi connectivity index (χ3n) is 5.78. The first-order chi connectivity index (χ1) is 12.7. The van der Waals surface area contributed by atoms with Crippen LogP contribution in [0.3, 0.4) is 0 Å². The van der Waals surface area contributed by atoms with E-state index in [0.29, 0.717) is 5.56 Å². The number of hydrogen-bond acceptors (Lipinski definition) is 2. The number of benzene rings is 3. The molecule has 2 N–H and O–H groups in total. The summed E-state index contributed by atoms with van der Waals surface area (Å²) in [5.74, 6) is 0. The van der Waals surface area contributed by atoms with Crippen LogP contribution in [0.15, 0.2) is 66.7 Å². The van der Waals surface area contributed by atoms with Crippen molar-refractivity contribution in [3.8, 4) is 5.69 Å². The SMILES string of the molecule is Bc1ccccc1-n1c2ccccc2c2ccc(C(C)(O)C(C)(C)O)cc21. The van der Waals surface area contributed by atoms with Gasteiger partial charge in [-0.05, 0) is 44.5 Å². The summed E-state index contributed by atoms with van der Waals surface area (Å²) in [5.41, 5.74) is 2.51. The maximum Gasteiger partial charge on any atom is 0.142 e. The molecule has 4 aromatic rings. The van der Waals surface area contributed by atoms with Crippen molar-refractivity contribution < 1.29 is 10.2 Å². The number of hydrogen-bond donors (Lipinski definition) is 2. The Kier molecular flexibility index (Phi) is 3.95. The minimum absolute atomic E-state index is 0.695. The van der Waals surface area contributed by atoms with Crippen LogP contribution in [-0.2, 0) is 5.60 Å². The molecule has 1 unspecified atom stereocenters. The Balaban J connectivity index is 2.11. The molecule has 0 saturated carbocycles. The van der Waals surface area contributed by atoms with Crippen molar-refractivity contribution in [1.82, 2.24) is 4.57 Å². The molecule has 1 heterocycles. The number of fused-ring (bicyclic) bond motifs is 3. The third kappa shape index (κ3) is 2.68. The predicted octanol–water partition coefficient (Wildman–Crippen LogP) is 3.02. The fourth-order valence-corrected chi connectivity index (χ4v) is 3.70. The van der Waals surface area contributed by atoms with Crippen LogP contribution in [0, 0.1) is 0 Å². The zero-order valence-electron chi connectivity index (χ0n) is 16.2. The summed E-state index contributed by atoms with van der Waals surface area (Å²) in [5, 5.41) is 23.8. The first kappa shape index (κ1) is 17.8. The molecule has 4 rings (SSSR count). The van der Waals surface area contributed by atoms with Crippen LogP contribution in [0.4, 0.5) is 0 Å². The highest BCUT2D eigenvalue weighted by atomic mass is 16.4. The van der Waals surface area contributed by atoms with Crippen LogP contribution in [0.25, 0.3) is 27.5 Å². The lowest BCUT2D eigenvalue weighted by Crippen LogP contribution is -2.44. The molecule has 27 heavy (non-hydrogen) atoms. The van der Waals surface area contributed by atoms with Gasteiger partial charge in [-0.15, -0.1) is 0 Å². The van der Waals surface area contributed by atoms with Gasteiger partial charge < -0.3 is 14.8 Å². The van der Waals surface area contributed by atoms with Gasteiger partial charge in [-0.2, -0.15) is 0 Å². The van der Waals surface area contributed by atoms with Gasteiger partial charge in [-0.25, -0.2) is 0 Å². The number of nitrogens with zero attached hydrogens (tertiary/aromatic N) is 1. The summed E-state index contributed by atoms with van der Waals surface area (Å²) in [7, 11) is 2.10. The van der Waals surface area contributed by atoms with E-state index in [1.165, 1.54) is 10.8 Å². The molecule has 0 bridgehead atoms. The van der Waals surface area contributed by atoms with Crippen LogP contribution >= 0.6 is 0 Å². The van der Waals surface area contributed by atoms with Gasteiger partial charge in [0.05, 0.1) is 16.6 Å². The largest absolute Gasteiger partial charge is 0.387 e. The molecular weight excluding hydrogens is 333 g/mol. The summed E-state index contributed by atoms with van der Waals surface area (Å²) in [6, 6.07) is 22.6. The molecule has 3 aromatic carbocycles. The fraction of sp³-hybridized carbons (Fsp3) is 0.217. The molecule has 0 amide bonds. The third-order valence-corrected chi connectivity index (χ3v) is 5.78. The van der Waals surface area contributed by atoms with Crippen molar-refractivity contribution in [3.63, 3.8) is 0 Å². The minimum atomic E-state index is -1.37. The van der Waals surface area contributed by atoms with Crippen molar-refractivity contribution in [2.24, 2.45) is 0 Å². The van der Waals surface area contributed by atoms with E-state index in [-0.39, 0.29) is 0 Å². The van der Waals surface area contributed by atoms with E-state index < -0.39 is 11.2 Å². The predicted molar refractivity (Wildman–Crippen MR) is 115 cm³/mol. The molecule has 0 aliphatic heterocycles. The molecule has 4 heteroatoms. The van der Waals surface area contributed by atoms with E-state index in [1.807, 2.05) is 42.5 Å². The molecule has 0 aliphatic rings. The minimum Gasteiger partial charge on any atom is -0.387 e. The monoisotopic (exact) mass is 357 g/mol.